The fourth-order valence-electron chi connectivity index (χ4n) is 1.76. The molecule has 1 aromatic carbocycles. The van der Waals surface area contributed by atoms with Crippen LogP contribution >= 0.6 is 0 Å². The maximum Gasteiger partial charge on any atom is 0.0998 e. The molecular formula is C15H15N3. The lowest BCUT2D eigenvalue weighted by molar-refractivity contribution is 0.555. The molecule has 1 aliphatic rings. The van der Waals surface area contributed by atoms with Gasteiger partial charge in [0, 0.05) is 6.42 Å². The third-order valence-corrected chi connectivity index (χ3v) is 2.79. The third-order valence-electron chi connectivity index (χ3n) is 2.79. The number of allylic oxidation sites excluding steroid dienone is 3. The predicted octanol–water partition coefficient (Wildman–Crippen LogP) is 2.09. The quantitative estimate of drug-likeness (QED) is 0.611. The summed E-state index contributed by atoms with van der Waals surface area (Å²) in [6.07, 6.45) is 7.83. The van der Waals surface area contributed by atoms with E-state index in [0.29, 0.717) is 12.0 Å². The van der Waals surface area contributed by atoms with Crippen molar-refractivity contribution in [2.45, 2.75) is 12.1 Å². The van der Waals surface area contributed by atoms with Gasteiger partial charge in [-0.25, -0.2) is 0 Å². The van der Waals surface area contributed by atoms with Crippen molar-refractivity contribution in [1.82, 2.24) is 0 Å². The van der Waals surface area contributed by atoms with Crippen molar-refractivity contribution in [2.75, 3.05) is 0 Å². The van der Waals surface area contributed by atoms with Crippen molar-refractivity contribution in [3.05, 3.63) is 65.3 Å². The van der Waals surface area contributed by atoms with E-state index in [1.165, 1.54) is 0 Å². The molecule has 0 spiro atoms. The van der Waals surface area contributed by atoms with Gasteiger partial charge >= 0.3 is 0 Å². The molecule has 0 fully saturated rings. The van der Waals surface area contributed by atoms with E-state index in [4.69, 9.17) is 11.5 Å². The van der Waals surface area contributed by atoms with Crippen LogP contribution in [0.3, 0.4) is 0 Å². The van der Waals surface area contributed by atoms with Crippen LogP contribution in [0.4, 0.5) is 0 Å². The minimum Gasteiger partial charge on any atom is -0.310 e. The van der Waals surface area contributed by atoms with Gasteiger partial charge in [-0.1, -0.05) is 42.5 Å². The molecule has 3 heteroatoms. The fourth-order valence-corrected chi connectivity index (χ4v) is 1.76. The van der Waals surface area contributed by atoms with Gasteiger partial charge in [0.25, 0.3) is 0 Å². The summed E-state index contributed by atoms with van der Waals surface area (Å²) < 4.78 is 0. The van der Waals surface area contributed by atoms with E-state index in [-0.39, 0.29) is 0 Å². The van der Waals surface area contributed by atoms with E-state index in [1.807, 2.05) is 48.6 Å². The first-order valence-corrected chi connectivity index (χ1v) is 5.75. The number of rotatable bonds is 2. The average molecular weight is 237 g/mol. The van der Waals surface area contributed by atoms with E-state index in [1.54, 1.807) is 6.08 Å². The van der Waals surface area contributed by atoms with Gasteiger partial charge in [-0.05, 0) is 23.3 Å². The smallest absolute Gasteiger partial charge is 0.0998 e. The van der Waals surface area contributed by atoms with Gasteiger partial charge in [-0.2, -0.15) is 5.26 Å². The summed E-state index contributed by atoms with van der Waals surface area (Å²) in [6.45, 7) is 0. The Bertz CT molecular complexity index is 557. The van der Waals surface area contributed by atoms with Gasteiger partial charge in [0.05, 0.1) is 17.3 Å². The molecule has 0 aliphatic heterocycles. The van der Waals surface area contributed by atoms with Crippen molar-refractivity contribution in [2.24, 2.45) is 11.5 Å². The number of hydrogen-bond donors (Lipinski definition) is 2. The van der Waals surface area contributed by atoms with Gasteiger partial charge in [0.1, 0.15) is 0 Å². The second-order valence-corrected chi connectivity index (χ2v) is 4.39. The van der Waals surface area contributed by atoms with Gasteiger partial charge in [-0.3, -0.25) is 0 Å². The molecule has 2 rings (SSSR count). The Kier molecular flexibility index (Phi) is 3.42. The van der Waals surface area contributed by atoms with Crippen molar-refractivity contribution in [1.29, 1.82) is 5.26 Å². The highest BCUT2D eigenvalue weighted by atomic mass is 14.9. The fraction of sp³-hybridized carbons (Fsp3) is 0.133. The normalized spacial score (nSPS) is 18.1. The Labute approximate surface area is 107 Å². The molecule has 1 aliphatic carbocycles. The van der Waals surface area contributed by atoms with Gasteiger partial charge in [-0.15, -0.1) is 0 Å². The lowest BCUT2D eigenvalue weighted by atomic mass is 9.93. The zero-order valence-electron chi connectivity index (χ0n) is 10.0. The molecule has 90 valence electrons. The molecule has 0 saturated heterocycles. The van der Waals surface area contributed by atoms with Crippen LogP contribution in [0.1, 0.15) is 12.0 Å². The molecule has 0 unspecified atom stereocenters. The highest BCUT2D eigenvalue weighted by Gasteiger charge is 2.18. The Balaban J connectivity index is 2.27. The topological polar surface area (TPSA) is 75.8 Å². The predicted molar refractivity (Wildman–Crippen MR) is 73.0 cm³/mol. The summed E-state index contributed by atoms with van der Waals surface area (Å²) in [6, 6.07) is 12.0. The third kappa shape index (κ3) is 2.95. The molecule has 0 bridgehead atoms. The Morgan fingerprint density at radius 3 is 2.56 bits per heavy atom. The molecule has 4 N–H and O–H groups in total. The summed E-state index contributed by atoms with van der Waals surface area (Å²) in [4.78, 5) is 0. The maximum atomic E-state index is 9.21. The van der Waals surface area contributed by atoms with E-state index in [2.05, 4.69) is 6.07 Å². The van der Waals surface area contributed by atoms with Crippen LogP contribution in [-0.2, 0) is 0 Å². The molecule has 0 aromatic heterocycles. The van der Waals surface area contributed by atoms with E-state index < -0.39 is 5.66 Å². The molecule has 18 heavy (non-hydrogen) atoms. The van der Waals surface area contributed by atoms with Gasteiger partial charge < -0.3 is 11.5 Å². The van der Waals surface area contributed by atoms with E-state index in [0.717, 1.165) is 11.1 Å². The van der Waals surface area contributed by atoms with Crippen LogP contribution in [0.15, 0.2) is 59.7 Å². The molecule has 0 saturated carbocycles. The maximum absolute atomic E-state index is 9.21. The monoisotopic (exact) mass is 237 g/mol. The van der Waals surface area contributed by atoms with Crippen molar-refractivity contribution >= 4 is 6.08 Å². The van der Waals surface area contributed by atoms with Crippen LogP contribution in [-0.4, -0.2) is 5.66 Å². The Morgan fingerprint density at radius 1 is 1.28 bits per heavy atom. The molecule has 0 atom stereocenters. The summed E-state index contributed by atoms with van der Waals surface area (Å²) >= 11 is 0. The Morgan fingerprint density at radius 2 is 2.00 bits per heavy atom. The van der Waals surface area contributed by atoms with Gasteiger partial charge in [0.2, 0.25) is 0 Å². The molecule has 3 nitrogen and oxygen atoms in total. The van der Waals surface area contributed by atoms with Crippen LogP contribution in [0.5, 0.6) is 0 Å². The van der Waals surface area contributed by atoms with Crippen molar-refractivity contribution in [3.8, 4) is 6.07 Å². The van der Waals surface area contributed by atoms with Crippen LogP contribution in [0.2, 0.25) is 0 Å². The minimum atomic E-state index is -0.795. The van der Waals surface area contributed by atoms with Crippen LogP contribution in [0.25, 0.3) is 6.08 Å². The first-order valence-electron chi connectivity index (χ1n) is 5.75. The lowest BCUT2D eigenvalue weighted by Crippen LogP contribution is -2.47. The second kappa shape index (κ2) is 5.01. The highest BCUT2D eigenvalue weighted by Crippen LogP contribution is 2.21. The van der Waals surface area contributed by atoms with Crippen molar-refractivity contribution in [3.63, 3.8) is 0 Å². The molecule has 0 amide bonds. The van der Waals surface area contributed by atoms with Crippen LogP contribution < -0.4 is 11.5 Å². The van der Waals surface area contributed by atoms with Crippen LogP contribution in [0, 0.1) is 11.3 Å². The lowest BCUT2D eigenvalue weighted by Gasteiger charge is -2.22. The summed E-state index contributed by atoms with van der Waals surface area (Å²) in [7, 11) is 0. The standard InChI is InChI=1S/C15H15N3/c16-11-14(10-12-4-2-1-3-5-12)13-6-8-15(17,18)9-7-13/h1-8,10H,9,17-18H2. The molecule has 1 aromatic rings. The van der Waals surface area contributed by atoms with Crippen molar-refractivity contribution < 1.29 is 0 Å². The summed E-state index contributed by atoms with van der Waals surface area (Å²) in [5.74, 6) is 0. The van der Waals surface area contributed by atoms with Gasteiger partial charge in [0.15, 0.2) is 0 Å². The minimum absolute atomic E-state index is 0.534. The number of nitriles is 1. The first kappa shape index (κ1) is 12.3. The summed E-state index contributed by atoms with van der Waals surface area (Å²) in [5.41, 5.74) is 13.2. The highest BCUT2D eigenvalue weighted by molar-refractivity contribution is 5.66. The zero-order chi connectivity index (χ0) is 13.0. The first-order chi connectivity index (χ1) is 8.61. The number of nitrogens with two attached hydrogens (primary N) is 2. The zero-order valence-corrected chi connectivity index (χ0v) is 10.0. The van der Waals surface area contributed by atoms with E-state index in [9.17, 15) is 5.26 Å². The summed E-state index contributed by atoms with van der Waals surface area (Å²) in [5, 5.41) is 9.21. The number of benzene rings is 1. The van der Waals surface area contributed by atoms with E-state index >= 15 is 0 Å². The SMILES string of the molecule is N#CC(=Cc1ccccc1)C1=CCC(N)(N)C=C1. The number of nitrogens with zero attached hydrogens (tertiary/aromatic N) is 1. The second-order valence-electron chi connectivity index (χ2n) is 4.39. The molecule has 0 heterocycles. The molecular weight excluding hydrogens is 222 g/mol. The molecule has 0 radical (unpaired) electrons. The average Bonchev–Trinajstić information content (AvgIpc) is 2.38. The number of hydrogen-bond acceptors (Lipinski definition) is 3. The Hall–Kier alpha value is -2.15. The largest absolute Gasteiger partial charge is 0.310 e.